The van der Waals surface area contributed by atoms with Crippen LogP contribution >= 0.6 is 0 Å². The smallest absolute Gasteiger partial charge is 0.151 e. The first-order valence-electron chi connectivity index (χ1n) is 8.30. The Morgan fingerprint density at radius 2 is 1.83 bits per heavy atom. The van der Waals surface area contributed by atoms with Crippen LogP contribution in [0.2, 0.25) is 0 Å². The van der Waals surface area contributed by atoms with E-state index in [0.29, 0.717) is 18.9 Å². The van der Waals surface area contributed by atoms with Crippen molar-refractivity contribution in [2.75, 3.05) is 11.5 Å². The largest absolute Gasteiger partial charge is 0.489 e. The molecule has 1 atom stereocenters. The first-order chi connectivity index (χ1) is 11.6. The second-order valence-electron chi connectivity index (χ2n) is 6.26. The highest BCUT2D eigenvalue weighted by atomic mass is 32.2. The van der Waals surface area contributed by atoms with E-state index in [-0.39, 0.29) is 11.8 Å². The minimum Gasteiger partial charge on any atom is -0.489 e. The number of nitrogens with one attached hydrogen (secondary N) is 1. The molecule has 1 aliphatic rings. The molecule has 0 unspecified atom stereocenters. The topological polar surface area (TPSA) is 55.4 Å². The molecule has 2 aromatic rings. The summed E-state index contributed by atoms with van der Waals surface area (Å²) in [4.78, 5) is 0. The van der Waals surface area contributed by atoms with E-state index in [0.717, 1.165) is 29.7 Å². The number of rotatable bonds is 6. The summed E-state index contributed by atoms with van der Waals surface area (Å²) in [7, 11) is -2.87. The Balaban J connectivity index is 1.53. The molecule has 1 heterocycles. The second-order valence-corrected chi connectivity index (χ2v) is 8.48. The maximum atomic E-state index is 11.7. The molecule has 0 radical (unpaired) electrons. The fraction of sp³-hybridized carbons (Fsp3) is 0.368. The molecule has 1 fully saturated rings. The van der Waals surface area contributed by atoms with E-state index in [9.17, 15) is 8.42 Å². The van der Waals surface area contributed by atoms with Gasteiger partial charge < -0.3 is 10.1 Å². The molecular formula is C19H23NO3S. The maximum absolute atomic E-state index is 11.7. The Morgan fingerprint density at radius 1 is 1.04 bits per heavy atom. The highest BCUT2D eigenvalue weighted by Crippen LogP contribution is 2.15. The van der Waals surface area contributed by atoms with Crippen molar-refractivity contribution >= 4 is 9.84 Å². The average molecular weight is 345 g/mol. The molecule has 0 aliphatic carbocycles. The van der Waals surface area contributed by atoms with E-state index >= 15 is 0 Å². The fourth-order valence-electron chi connectivity index (χ4n) is 2.96. The first kappa shape index (κ1) is 17.0. The van der Waals surface area contributed by atoms with Gasteiger partial charge in [-0.3, -0.25) is 0 Å². The van der Waals surface area contributed by atoms with E-state index in [2.05, 4.69) is 17.4 Å². The minimum absolute atomic E-state index is 0.0629. The highest BCUT2D eigenvalue weighted by Gasteiger charge is 2.24. The molecule has 3 rings (SSSR count). The molecular weight excluding hydrogens is 322 g/mol. The molecule has 1 aliphatic heterocycles. The zero-order valence-corrected chi connectivity index (χ0v) is 14.5. The molecule has 128 valence electrons. The van der Waals surface area contributed by atoms with Crippen molar-refractivity contribution in [2.24, 2.45) is 0 Å². The van der Waals surface area contributed by atoms with Crippen molar-refractivity contribution in [1.82, 2.24) is 5.32 Å². The van der Waals surface area contributed by atoms with Gasteiger partial charge in [0.25, 0.3) is 0 Å². The molecule has 2 aromatic carbocycles. The van der Waals surface area contributed by atoms with Gasteiger partial charge in [0.1, 0.15) is 12.4 Å². The van der Waals surface area contributed by atoms with Gasteiger partial charge in [0.15, 0.2) is 9.84 Å². The van der Waals surface area contributed by atoms with Crippen molar-refractivity contribution in [3.05, 3.63) is 65.7 Å². The summed E-state index contributed by atoms with van der Waals surface area (Å²) < 4.78 is 29.1. The van der Waals surface area contributed by atoms with Crippen molar-refractivity contribution in [2.45, 2.75) is 32.0 Å². The quantitative estimate of drug-likeness (QED) is 0.875. The van der Waals surface area contributed by atoms with Gasteiger partial charge in [-0.1, -0.05) is 42.5 Å². The summed E-state index contributed by atoms with van der Waals surface area (Å²) in [5.74, 6) is 1.44. The van der Waals surface area contributed by atoms with E-state index in [1.807, 2.05) is 42.5 Å². The SMILES string of the molecule is O=S1(=O)CCC[C@@H](NCc2cccc(COc3ccccc3)c2)C1. The predicted octanol–water partition coefficient (Wildman–Crippen LogP) is 2.93. The van der Waals surface area contributed by atoms with Crippen LogP contribution in [0.25, 0.3) is 0 Å². The van der Waals surface area contributed by atoms with Crippen molar-refractivity contribution in [3.63, 3.8) is 0 Å². The zero-order chi connectivity index (χ0) is 16.8. The van der Waals surface area contributed by atoms with Crippen LogP contribution in [-0.4, -0.2) is 26.0 Å². The third-order valence-corrected chi connectivity index (χ3v) is 6.02. The Kier molecular flexibility index (Phi) is 5.53. The van der Waals surface area contributed by atoms with Crippen LogP contribution in [0.1, 0.15) is 24.0 Å². The van der Waals surface area contributed by atoms with Gasteiger partial charge in [0.05, 0.1) is 11.5 Å². The number of benzene rings is 2. The molecule has 0 aromatic heterocycles. The van der Waals surface area contributed by atoms with Gasteiger partial charge in [-0.2, -0.15) is 0 Å². The number of sulfone groups is 1. The van der Waals surface area contributed by atoms with E-state index < -0.39 is 9.84 Å². The third kappa shape index (κ3) is 5.08. The van der Waals surface area contributed by atoms with E-state index in [1.54, 1.807) is 0 Å². The van der Waals surface area contributed by atoms with Crippen molar-refractivity contribution < 1.29 is 13.2 Å². The average Bonchev–Trinajstić information content (AvgIpc) is 2.59. The summed E-state index contributed by atoms with van der Waals surface area (Å²) in [6.07, 6.45) is 1.68. The summed E-state index contributed by atoms with van der Waals surface area (Å²) in [5, 5.41) is 3.37. The number of para-hydroxylation sites is 1. The van der Waals surface area contributed by atoms with Crippen LogP contribution in [0.4, 0.5) is 0 Å². The monoisotopic (exact) mass is 345 g/mol. The summed E-state index contributed by atoms with van der Waals surface area (Å²) in [6, 6.07) is 18.0. The second kappa shape index (κ2) is 7.81. The Labute approximate surface area is 143 Å². The number of hydrogen-bond acceptors (Lipinski definition) is 4. The summed E-state index contributed by atoms with van der Waals surface area (Å²) >= 11 is 0. The normalized spacial score (nSPS) is 19.8. The number of hydrogen-bond donors (Lipinski definition) is 1. The molecule has 0 spiro atoms. The van der Waals surface area contributed by atoms with Gasteiger partial charge in [0, 0.05) is 12.6 Å². The summed E-state index contributed by atoms with van der Waals surface area (Å²) in [6.45, 7) is 1.20. The fourth-order valence-corrected chi connectivity index (χ4v) is 4.63. The molecule has 24 heavy (non-hydrogen) atoms. The van der Waals surface area contributed by atoms with Gasteiger partial charge in [-0.05, 0) is 36.1 Å². The van der Waals surface area contributed by atoms with Crippen molar-refractivity contribution in [1.29, 1.82) is 0 Å². The molecule has 1 N–H and O–H groups in total. The van der Waals surface area contributed by atoms with Crippen LogP contribution < -0.4 is 10.1 Å². The third-order valence-electron chi connectivity index (χ3n) is 4.20. The molecule has 0 amide bonds. The molecule has 0 bridgehead atoms. The van der Waals surface area contributed by atoms with Gasteiger partial charge in [0.2, 0.25) is 0 Å². The Hall–Kier alpha value is -1.85. The zero-order valence-electron chi connectivity index (χ0n) is 13.6. The van der Waals surface area contributed by atoms with Crippen LogP contribution in [-0.2, 0) is 23.0 Å². The van der Waals surface area contributed by atoms with Gasteiger partial charge >= 0.3 is 0 Å². The van der Waals surface area contributed by atoms with Crippen LogP contribution in [0.3, 0.4) is 0 Å². The maximum Gasteiger partial charge on any atom is 0.151 e. The lowest BCUT2D eigenvalue weighted by Gasteiger charge is -2.23. The van der Waals surface area contributed by atoms with E-state index in [1.165, 1.54) is 0 Å². The van der Waals surface area contributed by atoms with Crippen LogP contribution in [0.15, 0.2) is 54.6 Å². The lowest BCUT2D eigenvalue weighted by molar-refractivity contribution is 0.306. The first-order valence-corrected chi connectivity index (χ1v) is 10.1. The standard InChI is InChI=1S/C19H23NO3S/c21-24(22)11-5-8-18(15-24)20-13-16-6-4-7-17(12-16)14-23-19-9-2-1-3-10-19/h1-4,6-7,9-10,12,18,20H,5,8,11,13-15H2/t18-/m1/s1. The Bertz CT molecular complexity index is 759. The predicted molar refractivity (Wildman–Crippen MR) is 95.7 cm³/mol. The lowest BCUT2D eigenvalue weighted by Crippen LogP contribution is -2.39. The van der Waals surface area contributed by atoms with E-state index in [4.69, 9.17) is 4.74 Å². The summed E-state index contributed by atoms with van der Waals surface area (Å²) in [5.41, 5.74) is 2.25. The van der Waals surface area contributed by atoms with Gasteiger partial charge in [-0.25, -0.2) is 8.42 Å². The molecule has 4 nitrogen and oxygen atoms in total. The minimum atomic E-state index is -2.87. The highest BCUT2D eigenvalue weighted by molar-refractivity contribution is 7.91. The van der Waals surface area contributed by atoms with Crippen LogP contribution in [0.5, 0.6) is 5.75 Å². The number of ether oxygens (including phenoxy) is 1. The van der Waals surface area contributed by atoms with Gasteiger partial charge in [-0.15, -0.1) is 0 Å². The molecule has 0 saturated carbocycles. The Morgan fingerprint density at radius 3 is 2.62 bits per heavy atom. The van der Waals surface area contributed by atoms with Crippen molar-refractivity contribution in [3.8, 4) is 5.75 Å². The van der Waals surface area contributed by atoms with Crippen LogP contribution in [0, 0.1) is 0 Å². The molecule has 5 heteroatoms. The molecule has 1 saturated heterocycles. The lowest BCUT2D eigenvalue weighted by atomic mass is 10.1.